The molecule has 0 aromatic rings. The van der Waals surface area contributed by atoms with E-state index < -0.39 is 7.14 Å². The molecule has 0 spiro atoms. The molecule has 0 N–H and O–H groups in total. The van der Waals surface area contributed by atoms with Crippen LogP contribution in [0, 0.1) is 0 Å². The molecule has 1 aliphatic carbocycles. The summed E-state index contributed by atoms with van der Waals surface area (Å²) in [6.45, 7) is 6.19. The van der Waals surface area contributed by atoms with Gasteiger partial charge in [-0.2, -0.15) is 0 Å². The third kappa shape index (κ3) is 1.87. The van der Waals surface area contributed by atoms with Crippen molar-refractivity contribution < 1.29 is 4.57 Å². The molecular formula is C9H19OP. The average Bonchev–Trinajstić information content (AvgIpc) is 2.37. The topological polar surface area (TPSA) is 17.1 Å². The summed E-state index contributed by atoms with van der Waals surface area (Å²) in [5, 5.41) is 0. The van der Waals surface area contributed by atoms with Crippen LogP contribution in [0.3, 0.4) is 0 Å². The predicted molar refractivity (Wildman–Crippen MR) is 50.9 cm³/mol. The molecule has 0 aromatic carbocycles. The summed E-state index contributed by atoms with van der Waals surface area (Å²) >= 11 is 0. The van der Waals surface area contributed by atoms with E-state index >= 15 is 0 Å². The van der Waals surface area contributed by atoms with Crippen LogP contribution in [0.5, 0.6) is 0 Å². The number of hydrogen-bond acceptors (Lipinski definition) is 1. The van der Waals surface area contributed by atoms with Crippen LogP contribution in [0.4, 0.5) is 0 Å². The zero-order valence-electron chi connectivity index (χ0n) is 7.84. The molecular weight excluding hydrogens is 155 g/mol. The van der Waals surface area contributed by atoms with E-state index in [9.17, 15) is 4.57 Å². The Balaban J connectivity index is 2.63. The van der Waals surface area contributed by atoms with Gasteiger partial charge in [0.1, 0.15) is 0 Å². The van der Waals surface area contributed by atoms with Crippen molar-refractivity contribution >= 4 is 7.14 Å². The first-order chi connectivity index (χ1) is 5.05. The zero-order chi connectivity index (χ0) is 8.48. The van der Waals surface area contributed by atoms with Gasteiger partial charge in [0.15, 0.2) is 0 Å². The maximum atomic E-state index is 12.1. The quantitative estimate of drug-likeness (QED) is 0.587. The highest BCUT2D eigenvalue weighted by Gasteiger charge is 2.32. The van der Waals surface area contributed by atoms with Crippen LogP contribution >= 0.6 is 7.14 Å². The van der Waals surface area contributed by atoms with Crippen molar-refractivity contribution in [3.05, 3.63) is 0 Å². The van der Waals surface area contributed by atoms with Gasteiger partial charge >= 0.3 is 0 Å². The molecule has 0 radical (unpaired) electrons. The number of rotatable bonds is 2. The molecule has 1 atom stereocenters. The third-order valence-corrected chi connectivity index (χ3v) is 7.09. The van der Waals surface area contributed by atoms with Gasteiger partial charge in [0.2, 0.25) is 0 Å². The molecule has 1 rings (SSSR count). The average molecular weight is 174 g/mol. The van der Waals surface area contributed by atoms with Gasteiger partial charge in [-0.1, -0.05) is 26.7 Å². The fraction of sp³-hybridized carbons (Fsp3) is 1.00. The Morgan fingerprint density at radius 3 is 2.09 bits per heavy atom. The highest BCUT2D eigenvalue weighted by atomic mass is 31.2. The van der Waals surface area contributed by atoms with Crippen LogP contribution in [-0.4, -0.2) is 18.0 Å². The van der Waals surface area contributed by atoms with Crippen molar-refractivity contribution in [2.24, 2.45) is 0 Å². The first-order valence-electron chi connectivity index (χ1n) is 4.62. The second-order valence-corrected chi connectivity index (χ2v) is 7.97. The molecule has 0 heterocycles. The van der Waals surface area contributed by atoms with Gasteiger partial charge < -0.3 is 4.57 Å². The normalized spacial score (nSPS) is 25.8. The Labute approximate surface area is 69.9 Å². The molecule has 0 aromatic heterocycles. The lowest BCUT2D eigenvalue weighted by Crippen LogP contribution is -2.09. The minimum Gasteiger partial charge on any atom is -0.323 e. The first kappa shape index (κ1) is 9.32. The van der Waals surface area contributed by atoms with E-state index in [2.05, 4.69) is 13.8 Å². The van der Waals surface area contributed by atoms with Crippen LogP contribution in [0.2, 0.25) is 0 Å². The zero-order valence-corrected chi connectivity index (χ0v) is 8.73. The van der Waals surface area contributed by atoms with Crippen molar-refractivity contribution in [3.63, 3.8) is 0 Å². The van der Waals surface area contributed by atoms with E-state index in [4.69, 9.17) is 0 Å². The molecule has 1 fully saturated rings. The van der Waals surface area contributed by atoms with Gasteiger partial charge in [0, 0.05) is 11.3 Å². The summed E-state index contributed by atoms with van der Waals surface area (Å²) in [4.78, 5) is 0. The first-order valence-corrected chi connectivity index (χ1v) is 6.91. The summed E-state index contributed by atoms with van der Waals surface area (Å²) in [6.07, 6.45) is 5.03. The Bertz CT molecular complexity index is 168. The molecule has 1 saturated carbocycles. The lowest BCUT2D eigenvalue weighted by molar-refractivity contribution is 0.560. The summed E-state index contributed by atoms with van der Waals surface area (Å²) in [5.41, 5.74) is 0.952. The van der Waals surface area contributed by atoms with Gasteiger partial charge in [-0.05, 0) is 19.5 Å². The summed E-state index contributed by atoms with van der Waals surface area (Å²) in [5.74, 6) is 0. The summed E-state index contributed by atoms with van der Waals surface area (Å²) < 4.78 is 12.1. The summed E-state index contributed by atoms with van der Waals surface area (Å²) in [7, 11) is -1.81. The standard InChI is InChI=1S/C9H19OP/c1-8(2)11(3,10)9-6-4-5-7-9/h8-9H,4-7H2,1-3H3. The van der Waals surface area contributed by atoms with E-state index in [-0.39, 0.29) is 0 Å². The molecule has 1 aliphatic rings. The molecule has 1 unspecified atom stereocenters. The van der Waals surface area contributed by atoms with E-state index in [0.717, 1.165) is 0 Å². The van der Waals surface area contributed by atoms with Crippen molar-refractivity contribution in [3.8, 4) is 0 Å². The molecule has 0 amide bonds. The van der Waals surface area contributed by atoms with Crippen molar-refractivity contribution in [2.45, 2.75) is 50.8 Å². The van der Waals surface area contributed by atoms with Gasteiger partial charge in [0.05, 0.1) is 7.14 Å². The van der Waals surface area contributed by atoms with E-state index in [0.29, 0.717) is 11.3 Å². The highest BCUT2D eigenvalue weighted by molar-refractivity contribution is 7.64. The van der Waals surface area contributed by atoms with E-state index in [1.165, 1.54) is 25.7 Å². The lowest BCUT2D eigenvalue weighted by atomic mass is 10.4. The van der Waals surface area contributed by atoms with Gasteiger partial charge in [-0.15, -0.1) is 0 Å². The Morgan fingerprint density at radius 1 is 1.27 bits per heavy atom. The SMILES string of the molecule is CC(C)P(C)(=O)C1CCCC1. The van der Waals surface area contributed by atoms with Gasteiger partial charge in [0.25, 0.3) is 0 Å². The second kappa shape index (κ2) is 3.31. The number of hydrogen-bond donors (Lipinski definition) is 0. The van der Waals surface area contributed by atoms with Crippen LogP contribution in [0.15, 0.2) is 0 Å². The van der Waals surface area contributed by atoms with Crippen LogP contribution in [0.1, 0.15) is 39.5 Å². The maximum Gasteiger partial charge on any atom is 0.0901 e. The fourth-order valence-corrected chi connectivity index (χ4v) is 4.07. The Kier molecular flexibility index (Phi) is 2.80. The molecule has 1 nitrogen and oxygen atoms in total. The minimum absolute atomic E-state index is 0.394. The van der Waals surface area contributed by atoms with Gasteiger partial charge in [-0.25, -0.2) is 0 Å². The largest absolute Gasteiger partial charge is 0.323 e. The van der Waals surface area contributed by atoms with Crippen molar-refractivity contribution in [2.75, 3.05) is 6.66 Å². The second-order valence-electron chi connectivity index (χ2n) is 4.09. The van der Waals surface area contributed by atoms with Crippen molar-refractivity contribution in [1.29, 1.82) is 0 Å². The molecule has 11 heavy (non-hydrogen) atoms. The fourth-order valence-electron chi connectivity index (χ4n) is 1.84. The monoisotopic (exact) mass is 174 g/mol. The molecule has 0 aliphatic heterocycles. The predicted octanol–water partition coefficient (Wildman–Crippen LogP) is 3.33. The van der Waals surface area contributed by atoms with E-state index in [1.54, 1.807) is 0 Å². The lowest BCUT2D eigenvalue weighted by Gasteiger charge is -2.23. The molecule has 0 bridgehead atoms. The minimum atomic E-state index is -1.81. The smallest absolute Gasteiger partial charge is 0.0901 e. The maximum absolute atomic E-state index is 12.1. The molecule has 66 valence electrons. The Hall–Kier alpha value is 0.230. The van der Waals surface area contributed by atoms with Crippen LogP contribution in [-0.2, 0) is 4.57 Å². The van der Waals surface area contributed by atoms with E-state index in [1.807, 2.05) is 6.66 Å². The van der Waals surface area contributed by atoms with Crippen LogP contribution < -0.4 is 0 Å². The highest BCUT2D eigenvalue weighted by Crippen LogP contribution is 2.56. The van der Waals surface area contributed by atoms with Crippen molar-refractivity contribution in [1.82, 2.24) is 0 Å². The van der Waals surface area contributed by atoms with Crippen LogP contribution in [0.25, 0.3) is 0 Å². The third-order valence-electron chi connectivity index (χ3n) is 3.08. The summed E-state index contributed by atoms with van der Waals surface area (Å²) in [6, 6.07) is 0. The molecule has 0 saturated heterocycles. The molecule has 2 heteroatoms. The van der Waals surface area contributed by atoms with Gasteiger partial charge in [-0.3, -0.25) is 0 Å². The Morgan fingerprint density at radius 2 is 1.73 bits per heavy atom.